The summed E-state index contributed by atoms with van der Waals surface area (Å²) >= 11 is 0. The van der Waals surface area contributed by atoms with Crippen molar-refractivity contribution in [2.24, 2.45) is 0 Å². The van der Waals surface area contributed by atoms with Gasteiger partial charge in [0, 0.05) is 19.1 Å². The summed E-state index contributed by atoms with van der Waals surface area (Å²) in [6.07, 6.45) is -0.620. The quantitative estimate of drug-likeness (QED) is 0.734. The fraction of sp³-hybridized carbons (Fsp3) is 0.562. The lowest BCUT2D eigenvalue weighted by Gasteiger charge is -2.29. The molecule has 0 bridgehead atoms. The van der Waals surface area contributed by atoms with Crippen LogP contribution in [-0.4, -0.2) is 40.0 Å². The summed E-state index contributed by atoms with van der Waals surface area (Å²) in [7, 11) is 1.95. The average molecular weight is 305 g/mol. The Balaban J connectivity index is 2.27. The van der Waals surface area contributed by atoms with Gasteiger partial charge in [-0.1, -0.05) is 6.07 Å². The van der Waals surface area contributed by atoms with Crippen LogP contribution < -0.4 is 16.0 Å². The number of nitrogens with zero attached hydrogens (tertiary/aromatic N) is 3. The molecule has 2 rings (SSSR count). The van der Waals surface area contributed by atoms with Crippen molar-refractivity contribution in [3.63, 3.8) is 0 Å². The minimum atomic E-state index is -0.620. The molecule has 1 aromatic carbocycles. The van der Waals surface area contributed by atoms with Crippen molar-refractivity contribution in [1.29, 1.82) is 0 Å². The van der Waals surface area contributed by atoms with Gasteiger partial charge in [-0.25, -0.2) is 4.98 Å². The number of nitrogen functional groups attached to an aromatic ring is 1. The number of imidazole rings is 1. The lowest BCUT2D eigenvalue weighted by atomic mass is 10.1. The third-order valence-corrected chi connectivity index (χ3v) is 3.56. The van der Waals surface area contributed by atoms with Crippen LogP contribution in [0.1, 0.15) is 27.7 Å². The molecule has 0 saturated carbocycles. The van der Waals surface area contributed by atoms with E-state index in [4.69, 9.17) is 5.73 Å². The van der Waals surface area contributed by atoms with Crippen LogP contribution >= 0.6 is 0 Å². The molecule has 0 aliphatic rings. The largest absolute Gasteiger partial charge is 0.377 e. The van der Waals surface area contributed by atoms with Gasteiger partial charge in [-0.2, -0.15) is 0 Å². The van der Waals surface area contributed by atoms with Crippen molar-refractivity contribution in [3.8, 4) is 0 Å². The van der Waals surface area contributed by atoms with E-state index in [9.17, 15) is 5.11 Å². The molecular formula is C16H27N5O. The predicted molar refractivity (Wildman–Crippen MR) is 92.0 cm³/mol. The molecule has 0 spiro atoms. The highest BCUT2D eigenvalue weighted by Gasteiger charge is 2.18. The van der Waals surface area contributed by atoms with E-state index in [1.54, 1.807) is 0 Å². The topological polar surface area (TPSA) is 79.3 Å². The highest BCUT2D eigenvalue weighted by molar-refractivity contribution is 5.90. The van der Waals surface area contributed by atoms with Gasteiger partial charge in [0.25, 0.3) is 0 Å². The normalized spacial score (nSPS) is 13.5. The molecule has 6 nitrogen and oxygen atoms in total. The zero-order chi connectivity index (χ0) is 16.5. The number of anilines is 2. The predicted octanol–water partition coefficient (Wildman–Crippen LogP) is 1.78. The molecule has 4 N–H and O–H groups in total. The first-order chi connectivity index (χ1) is 10.2. The van der Waals surface area contributed by atoms with Crippen LogP contribution in [0.3, 0.4) is 0 Å². The summed E-state index contributed by atoms with van der Waals surface area (Å²) in [6, 6.07) is 6.01. The highest BCUT2D eigenvalue weighted by Crippen LogP contribution is 2.27. The fourth-order valence-electron chi connectivity index (χ4n) is 2.69. The van der Waals surface area contributed by atoms with Crippen LogP contribution in [0.2, 0.25) is 0 Å². The van der Waals surface area contributed by atoms with Gasteiger partial charge in [0.05, 0.1) is 17.7 Å². The molecule has 0 saturated heterocycles. The molecule has 0 aliphatic heterocycles. The fourth-order valence-corrected chi connectivity index (χ4v) is 2.69. The molecule has 0 fully saturated rings. The second-order valence-corrected chi connectivity index (χ2v) is 6.65. The van der Waals surface area contributed by atoms with E-state index in [-0.39, 0.29) is 5.54 Å². The third-order valence-electron chi connectivity index (χ3n) is 3.56. The van der Waals surface area contributed by atoms with Crippen molar-refractivity contribution in [2.75, 3.05) is 24.2 Å². The molecule has 1 unspecified atom stereocenters. The monoisotopic (exact) mass is 305 g/mol. The van der Waals surface area contributed by atoms with Crippen LogP contribution in [0.4, 0.5) is 11.6 Å². The molecule has 2 aromatic rings. The van der Waals surface area contributed by atoms with Crippen molar-refractivity contribution in [1.82, 2.24) is 14.9 Å². The second kappa shape index (κ2) is 6.14. The van der Waals surface area contributed by atoms with Gasteiger partial charge in [0.1, 0.15) is 11.7 Å². The van der Waals surface area contributed by atoms with E-state index in [0.29, 0.717) is 12.5 Å². The lowest BCUT2D eigenvalue weighted by molar-refractivity contribution is 0.112. The molecule has 1 aromatic heterocycles. The van der Waals surface area contributed by atoms with Crippen molar-refractivity contribution in [3.05, 3.63) is 18.2 Å². The SMILES string of the molecule is CCn1c(N)nc2c(N(C)CC(O)NC(C)(C)C)cccc21. The van der Waals surface area contributed by atoms with E-state index in [0.717, 1.165) is 23.3 Å². The maximum Gasteiger partial charge on any atom is 0.201 e. The van der Waals surface area contributed by atoms with Crippen molar-refractivity contribution in [2.45, 2.75) is 46.0 Å². The number of aromatic nitrogens is 2. The number of likely N-dealkylation sites (N-methyl/N-ethyl adjacent to an activating group) is 1. The van der Waals surface area contributed by atoms with E-state index in [1.165, 1.54) is 0 Å². The average Bonchev–Trinajstić information content (AvgIpc) is 2.70. The maximum absolute atomic E-state index is 10.2. The summed E-state index contributed by atoms with van der Waals surface area (Å²) in [5, 5.41) is 13.4. The number of aryl methyl sites for hydroxylation is 1. The van der Waals surface area contributed by atoms with Gasteiger partial charge in [0.15, 0.2) is 0 Å². The molecule has 0 aliphatic carbocycles. The second-order valence-electron chi connectivity index (χ2n) is 6.65. The van der Waals surface area contributed by atoms with E-state index in [1.807, 2.05) is 62.4 Å². The Morgan fingerprint density at radius 2 is 2.09 bits per heavy atom. The minimum Gasteiger partial charge on any atom is -0.377 e. The highest BCUT2D eigenvalue weighted by atomic mass is 16.3. The lowest BCUT2D eigenvalue weighted by Crippen LogP contribution is -2.48. The standard InChI is InChI=1S/C16H27N5O/c1-6-21-12-9-7-8-11(14(12)18-15(21)17)20(5)10-13(22)19-16(2,3)4/h7-9,13,19,22H,6,10H2,1-5H3,(H2,17,18). The molecule has 0 radical (unpaired) electrons. The molecule has 1 heterocycles. The molecule has 0 amide bonds. The Kier molecular flexibility index (Phi) is 4.63. The number of aliphatic hydroxyl groups excluding tert-OH is 1. The summed E-state index contributed by atoms with van der Waals surface area (Å²) in [4.78, 5) is 6.48. The smallest absolute Gasteiger partial charge is 0.201 e. The van der Waals surface area contributed by atoms with Gasteiger partial charge in [-0.15, -0.1) is 0 Å². The van der Waals surface area contributed by atoms with Gasteiger partial charge in [0.2, 0.25) is 5.95 Å². The zero-order valence-corrected chi connectivity index (χ0v) is 14.1. The zero-order valence-electron chi connectivity index (χ0n) is 14.1. The molecule has 22 heavy (non-hydrogen) atoms. The Labute approximate surface area is 131 Å². The summed E-state index contributed by atoms with van der Waals surface area (Å²) in [5.41, 5.74) is 8.70. The molecule has 6 heteroatoms. The van der Waals surface area contributed by atoms with Gasteiger partial charge >= 0.3 is 0 Å². The van der Waals surface area contributed by atoms with E-state index in [2.05, 4.69) is 10.3 Å². The molecule has 122 valence electrons. The summed E-state index contributed by atoms with van der Waals surface area (Å²) in [5.74, 6) is 0.520. The third kappa shape index (κ3) is 3.51. The Hall–Kier alpha value is -1.79. The Bertz CT molecular complexity index is 644. The summed E-state index contributed by atoms with van der Waals surface area (Å²) in [6.45, 7) is 9.38. The number of hydrogen-bond acceptors (Lipinski definition) is 5. The Morgan fingerprint density at radius 3 is 2.68 bits per heavy atom. The first-order valence-electron chi connectivity index (χ1n) is 7.64. The van der Waals surface area contributed by atoms with Crippen LogP contribution in [0.5, 0.6) is 0 Å². The van der Waals surface area contributed by atoms with Gasteiger partial charge in [-0.3, -0.25) is 5.32 Å². The van der Waals surface area contributed by atoms with Gasteiger partial charge < -0.3 is 20.3 Å². The first-order valence-corrected chi connectivity index (χ1v) is 7.64. The van der Waals surface area contributed by atoms with Crippen molar-refractivity contribution < 1.29 is 5.11 Å². The number of hydrogen-bond donors (Lipinski definition) is 3. The number of nitrogens with two attached hydrogens (primary N) is 1. The van der Waals surface area contributed by atoms with Gasteiger partial charge in [-0.05, 0) is 39.8 Å². The van der Waals surface area contributed by atoms with Crippen LogP contribution in [0, 0.1) is 0 Å². The number of nitrogens with one attached hydrogen (secondary N) is 1. The number of para-hydroxylation sites is 1. The molecular weight excluding hydrogens is 278 g/mol. The number of aliphatic hydroxyl groups is 1. The Morgan fingerprint density at radius 1 is 1.41 bits per heavy atom. The number of benzene rings is 1. The minimum absolute atomic E-state index is 0.138. The van der Waals surface area contributed by atoms with Crippen LogP contribution in [-0.2, 0) is 6.54 Å². The molecule has 1 atom stereocenters. The van der Waals surface area contributed by atoms with Crippen LogP contribution in [0.25, 0.3) is 11.0 Å². The number of fused-ring (bicyclic) bond motifs is 1. The van der Waals surface area contributed by atoms with E-state index < -0.39 is 6.23 Å². The first kappa shape index (κ1) is 16.6. The summed E-state index contributed by atoms with van der Waals surface area (Å²) < 4.78 is 1.98. The maximum atomic E-state index is 10.2. The van der Waals surface area contributed by atoms with Crippen molar-refractivity contribution >= 4 is 22.7 Å². The number of rotatable bonds is 5. The van der Waals surface area contributed by atoms with E-state index >= 15 is 0 Å². The van der Waals surface area contributed by atoms with Crippen LogP contribution in [0.15, 0.2) is 18.2 Å².